The van der Waals surface area contributed by atoms with E-state index in [2.05, 4.69) is 4.99 Å². The molecule has 0 fully saturated rings. The first-order valence-electron chi connectivity index (χ1n) is 3.39. The number of hydrogen-bond acceptors (Lipinski definition) is 5. The van der Waals surface area contributed by atoms with Crippen LogP contribution in [0.15, 0.2) is 16.2 Å². The van der Waals surface area contributed by atoms with Crippen LogP contribution in [0.5, 0.6) is 0 Å². The minimum atomic E-state index is -3.49. The van der Waals surface area contributed by atoms with E-state index in [-0.39, 0.29) is 17.2 Å². The molecule has 2 N–H and O–H groups in total. The van der Waals surface area contributed by atoms with Crippen LogP contribution in [-0.4, -0.2) is 19.8 Å². The van der Waals surface area contributed by atoms with Crippen LogP contribution in [0.25, 0.3) is 0 Å². The van der Waals surface area contributed by atoms with Gasteiger partial charge in [0.15, 0.2) is 0 Å². The van der Waals surface area contributed by atoms with Gasteiger partial charge in [0.2, 0.25) is 0 Å². The third kappa shape index (κ3) is 1.76. The summed E-state index contributed by atoms with van der Waals surface area (Å²) < 4.78 is 27.1. The number of ether oxygens (including phenoxy) is 1. The van der Waals surface area contributed by atoms with Crippen molar-refractivity contribution >= 4 is 15.1 Å². The molecule has 68 valence electrons. The highest BCUT2D eigenvalue weighted by atomic mass is 32.2. The second-order valence-corrected chi connectivity index (χ2v) is 4.31. The summed E-state index contributed by atoms with van der Waals surface area (Å²) in [6.07, 6.45) is -0.224. The van der Waals surface area contributed by atoms with Gasteiger partial charge >= 0.3 is 5.23 Å². The number of nitrogens with two attached hydrogens (primary N) is 1. The fourth-order valence-electron chi connectivity index (χ4n) is 0.700. The van der Waals surface area contributed by atoms with Crippen LogP contribution in [-0.2, 0) is 14.6 Å². The van der Waals surface area contributed by atoms with Gasteiger partial charge in [-0.05, 0) is 13.8 Å². The Balaban J connectivity index is 2.90. The maximum atomic E-state index is 11.1. The molecule has 0 spiro atoms. The van der Waals surface area contributed by atoms with Crippen molar-refractivity contribution in [3.8, 4) is 0 Å². The maximum Gasteiger partial charge on any atom is 0.316 e. The third-order valence-electron chi connectivity index (χ3n) is 1.08. The minimum absolute atomic E-state index is 0.0364. The Morgan fingerprint density at radius 3 is 2.50 bits per heavy atom. The first kappa shape index (κ1) is 9.05. The molecule has 12 heavy (non-hydrogen) atoms. The molecule has 0 atom stereocenters. The monoisotopic (exact) mass is 190 g/mol. The smallest absolute Gasteiger partial charge is 0.316 e. The van der Waals surface area contributed by atoms with Gasteiger partial charge in [0.1, 0.15) is 5.82 Å². The van der Waals surface area contributed by atoms with E-state index in [9.17, 15) is 8.42 Å². The van der Waals surface area contributed by atoms with Crippen LogP contribution in [0.3, 0.4) is 0 Å². The van der Waals surface area contributed by atoms with Crippen molar-refractivity contribution in [3.63, 3.8) is 0 Å². The molecule has 0 aliphatic carbocycles. The number of nitrogens with zero attached hydrogens (tertiary/aromatic N) is 1. The van der Waals surface area contributed by atoms with Crippen molar-refractivity contribution in [1.82, 2.24) is 0 Å². The summed E-state index contributed by atoms with van der Waals surface area (Å²) in [6, 6.07) is 0. The molecule has 0 bridgehead atoms. The van der Waals surface area contributed by atoms with E-state index in [4.69, 9.17) is 10.5 Å². The Bertz CT molecular complexity index is 340. The van der Waals surface area contributed by atoms with Crippen molar-refractivity contribution in [2.24, 2.45) is 10.7 Å². The standard InChI is InChI=1S/C6H10N2O3S/c1-4(2)11-6-8-5(7)3-12(6,9)10/h3-4H,7H2,1-2H3. The van der Waals surface area contributed by atoms with Crippen LogP contribution < -0.4 is 5.73 Å². The third-order valence-corrected chi connectivity index (χ3v) is 2.30. The maximum absolute atomic E-state index is 11.1. The number of sulfone groups is 1. The van der Waals surface area contributed by atoms with Crippen LogP contribution >= 0.6 is 0 Å². The van der Waals surface area contributed by atoms with Gasteiger partial charge < -0.3 is 10.5 Å². The van der Waals surface area contributed by atoms with Crippen LogP contribution in [0.4, 0.5) is 0 Å². The molecule has 6 heteroatoms. The molecule has 1 aliphatic heterocycles. The Kier molecular flexibility index (Phi) is 2.10. The van der Waals surface area contributed by atoms with Gasteiger partial charge in [0.05, 0.1) is 11.5 Å². The lowest BCUT2D eigenvalue weighted by molar-refractivity contribution is 0.235. The lowest BCUT2D eigenvalue weighted by Gasteiger charge is -2.06. The summed E-state index contributed by atoms with van der Waals surface area (Å²) in [5.74, 6) is -0.0364. The van der Waals surface area contributed by atoms with Gasteiger partial charge in [-0.2, -0.15) is 4.99 Å². The lowest BCUT2D eigenvalue weighted by atomic mass is 10.5. The highest BCUT2D eigenvalue weighted by molar-refractivity contribution is 8.08. The molecule has 0 saturated carbocycles. The van der Waals surface area contributed by atoms with E-state index >= 15 is 0 Å². The minimum Gasteiger partial charge on any atom is -0.466 e. The molecule has 0 amide bonds. The lowest BCUT2D eigenvalue weighted by Crippen LogP contribution is -2.17. The Morgan fingerprint density at radius 2 is 2.17 bits per heavy atom. The second-order valence-electron chi connectivity index (χ2n) is 2.63. The second kappa shape index (κ2) is 2.78. The topological polar surface area (TPSA) is 81.8 Å². The molecule has 0 unspecified atom stereocenters. The predicted molar refractivity (Wildman–Crippen MR) is 44.8 cm³/mol. The Morgan fingerprint density at radius 1 is 1.58 bits per heavy atom. The van der Waals surface area contributed by atoms with Crippen molar-refractivity contribution in [2.45, 2.75) is 20.0 Å². The summed E-state index contributed by atoms with van der Waals surface area (Å²) >= 11 is 0. The van der Waals surface area contributed by atoms with E-state index < -0.39 is 9.84 Å². The molecule has 0 aromatic rings. The normalized spacial score (nSPS) is 20.6. The van der Waals surface area contributed by atoms with Crippen LogP contribution in [0.2, 0.25) is 0 Å². The molecular formula is C6H10N2O3S. The predicted octanol–water partition coefficient (Wildman–Crippen LogP) is -0.0466. The van der Waals surface area contributed by atoms with E-state index in [1.54, 1.807) is 13.8 Å². The van der Waals surface area contributed by atoms with Gasteiger partial charge in [0, 0.05) is 0 Å². The first-order valence-corrected chi connectivity index (χ1v) is 4.94. The van der Waals surface area contributed by atoms with E-state index in [0.717, 1.165) is 5.41 Å². The molecule has 0 aromatic carbocycles. The Labute approximate surface area is 70.8 Å². The van der Waals surface area contributed by atoms with E-state index in [1.165, 1.54) is 0 Å². The molecule has 0 saturated heterocycles. The number of hydrogen-bond donors (Lipinski definition) is 1. The number of aliphatic imine (C=N–C) groups is 1. The van der Waals surface area contributed by atoms with Gasteiger partial charge in [0.25, 0.3) is 9.84 Å². The molecule has 0 radical (unpaired) electrons. The summed E-state index contributed by atoms with van der Waals surface area (Å²) in [5.41, 5.74) is 5.19. The SMILES string of the molecule is CC(C)OC1=NC(N)=CS1(=O)=O. The highest BCUT2D eigenvalue weighted by Crippen LogP contribution is 2.12. The fraction of sp³-hybridized carbons (Fsp3) is 0.500. The summed E-state index contributed by atoms with van der Waals surface area (Å²) in [5, 5.41) is 0.569. The van der Waals surface area contributed by atoms with Gasteiger partial charge in [-0.25, -0.2) is 8.42 Å². The van der Waals surface area contributed by atoms with Crippen LogP contribution in [0.1, 0.15) is 13.8 Å². The molecule has 0 aromatic heterocycles. The molecule has 1 rings (SSSR count). The van der Waals surface area contributed by atoms with E-state index in [0.29, 0.717) is 0 Å². The summed E-state index contributed by atoms with van der Waals surface area (Å²) in [7, 11) is -3.49. The number of rotatable bonds is 1. The van der Waals surface area contributed by atoms with Crippen molar-refractivity contribution in [3.05, 3.63) is 11.2 Å². The summed E-state index contributed by atoms with van der Waals surface area (Å²) in [6.45, 7) is 3.43. The molecule has 1 heterocycles. The molecular weight excluding hydrogens is 180 g/mol. The zero-order chi connectivity index (χ0) is 9.35. The molecule has 5 nitrogen and oxygen atoms in total. The zero-order valence-corrected chi connectivity index (χ0v) is 7.63. The summed E-state index contributed by atoms with van der Waals surface area (Å²) in [4.78, 5) is 3.53. The highest BCUT2D eigenvalue weighted by Gasteiger charge is 2.26. The first-order chi connectivity index (χ1) is 5.42. The fourth-order valence-corrected chi connectivity index (χ4v) is 1.73. The zero-order valence-electron chi connectivity index (χ0n) is 6.81. The Hall–Kier alpha value is -1.04. The van der Waals surface area contributed by atoms with E-state index in [1.807, 2.05) is 0 Å². The largest absolute Gasteiger partial charge is 0.466 e. The van der Waals surface area contributed by atoms with Gasteiger partial charge in [-0.1, -0.05) is 0 Å². The van der Waals surface area contributed by atoms with Crippen molar-refractivity contribution in [1.29, 1.82) is 0 Å². The average molecular weight is 190 g/mol. The van der Waals surface area contributed by atoms with Crippen molar-refractivity contribution < 1.29 is 13.2 Å². The average Bonchev–Trinajstić information content (AvgIpc) is 2.04. The molecule has 1 aliphatic rings. The van der Waals surface area contributed by atoms with Gasteiger partial charge in [-0.15, -0.1) is 0 Å². The van der Waals surface area contributed by atoms with Crippen LogP contribution in [0, 0.1) is 0 Å². The van der Waals surface area contributed by atoms with Crippen molar-refractivity contribution in [2.75, 3.05) is 0 Å². The van der Waals surface area contributed by atoms with Gasteiger partial charge in [-0.3, -0.25) is 0 Å². The quantitative estimate of drug-likeness (QED) is 0.628.